The van der Waals surface area contributed by atoms with Gasteiger partial charge in [-0.3, -0.25) is 0 Å². The van der Waals surface area contributed by atoms with Crippen molar-refractivity contribution in [3.8, 4) is 6.07 Å². The van der Waals surface area contributed by atoms with Crippen molar-refractivity contribution in [1.82, 2.24) is 0 Å². The molecule has 0 atom stereocenters. The Morgan fingerprint density at radius 1 is 1.50 bits per heavy atom. The Morgan fingerprint density at radius 3 is 2.93 bits per heavy atom. The van der Waals surface area contributed by atoms with E-state index in [0.29, 0.717) is 6.42 Å². The minimum atomic E-state index is -0.277. The van der Waals surface area contributed by atoms with Crippen LogP contribution in [-0.2, 0) is 6.42 Å². The van der Waals surface area contributed by atoms with Crippen LogP contribution in [0.2, 0.25) is 0 Å². The molecule has 0 heterocycles. The van der Waals surface area contributed by atoms with Gasteiger partial charge in [-0.25, -0.2) is 4.39 Å². The molecule has 72 valence electrons. The van der Waals surface area contributed by atoms with Gasteiger partial charge in [0.2, 0.25) is 0 Å². The smallest absolute Gasteiger partial charge is 0.123 e. The largest absolute Gasteiger partial charge is 0.207 e. The lowest BCUT2D eigenvalue weighted by molar-refractivity contribution is 0.627. The molecule has 0 radical (unpaired) electrons. The van der Waals surface area contributed by atoms with E-state index in [1.165, 1.54) is 12.1 Å². The molecule has 0 unspecified atom stereocenters. The maximum atomic E-state index is 12.9. The number of hydrogen-bond acceptors (Lipinski definition) is 1. The highest BCUT2D eigenvalue weighted by Crippen LogP contribution is 2.13. The van der Waals surface area contributed by atoms with Gasteiger partial charge in [-0.15, -0.1) is 0 Å². The summed E-state index contributed by atoms with van der Waals surface area (Å²) in [7, 11) is 0. The lowest BCUT2D eigenvalue weighted by atomic mass is 10.0. The Kier molecular flexibility index (Phi) is 4.34. The Labute approximate surface area is 91.0 Å². The van der Waals surface area contributed by atoms with Crippen molar-refractivity contribution in [1.29, 1.82) is 5.26 Å². The summed E-state index contributed by atoms with van der Waals surface area (Å²) < 4.78 is 12.9. The molecule has 1 nitrogen and oxygen atoms in total. The molecule has 0 N–H and O–H groups in total. The minimum absolute atomic E-state index is 0.277. The van der Waals surface area contributed by atoms with E-state index in [1.54, 1.807) is 6.07 Å². The number of nitrogens with zero attached hydrogens (tertiary/aromatic N) is 1. The molecule has 1 rings (SSSR count). The van der Waals surface area contributed by atoms with Crippen molar-refractivity contribution < 1.29 is 4.39 Å². The molecule has 0 saturated carbocycles. The van der Waals surface area contributed by atoms with Crippen LogP contribution in [0, 0.1) is 17.1 Å². The van der Waals surface area contributed by atoms with Crippen molar-refractivity contribution >= 4 is 22.0 Å². The average molecular weight is 254 g/mol. The Balaban J connectivity index is 3.03. The lowest BCUT2D eigenvalue weighted by Gasteiger charge is -2.01. The zero-order chi connectivity index (χ0) is 10.4. The molecule has 14 heavy (non-hydrogen) atoms. The fourth-order valence-electron chi connectivity index (χ4n) is 1.14. The van der Waals surface area contributed by atoms with Gasteiger partial charge in [0.25, 0.3) is 0 Å². The first-order valence-electron chi connectivity index (χ1n) is 4.16. The van der Waals surface area contributed by atoms with Crippen LogP contribution in [0.25, 0.3) is 6.08 Å². The van der Waals surface area contributed by atoms with Gasteiger partial charge in [0.15, 0.2) is 0 Å². The van der Waals surface area contributed by atoms with Crippen molar-refractivity contribution in [2.24, 2.45) is 0 Å². The molecule has 0 aliphatic carbocycles. The predicted molar refractivity (Wildman–Crippen MR) is 58.5 cm³/mol. The summed E-state index contributed by atoms with van der Waals surface area (Å²) >= 11 is 3.24. The van der Waals surface area contributed by atoms with Crippen molar-refractivity contribution in [3.63, 3.8) is 0 Å². The van der Waals surface area contributed by atoms with E-state index >= 15 is 0 Å². The Morgan fingerprint density at radius 2 is 2.29 bits per heavy atom. The summed E-state index contributed by atoms with van der Waals surface area (Å²) in [6.45, 7) is 0. The highest BCUT2D eigenvalue weighted by atomic mass is 79.9. The molecule has 0 amide bonds. The van der Waals surface area contributed by atoms with Crippen LogP contribution in [0.4, 0.5) is 4.39 Å². The van der Waals surface area contributed by atoms with Crippen LogP contribution in [0.3, 0.4) is 0 Å². The van der Waals surface area contributed by atoms with E-state index in [-0.39, 0.29) is 5.82 Å². The third-order valence-corrected chi connectivity index (χ3v) is 2.14. The van der Waals surface area contributed by atoms with Gasteiger partial charge in [-0.05, 0) is 23.3 Å². The Hall–Kier alpha value is -1.14. The van der Waals surface area contributed by atoms with Crippen molar-refractivity contribution in [2.75, 3.05) is 5.33 Å². The first-order chi connectivity index (χ1) is 6.77. The summed E-state index contributed by atoms with van der Waals surface area (Å²) in [4.78, 5) is 0. The number of allylic oxidation sites excluding steroid dienone is 1. The molecule has 0 saturated heterocycles. The molecule has 0 aromatic heterocycles. The van der Waals surface area contributed by atoms with Gasteiger partial charge in [-0.1, -0.05) is 34.1 Å². The molecule has 3 heteroatoms. The summed E-state index contributed by atoms with van der Waals surface area (Å²) in [5.41, 5.74) is 1.62. The topological polar surface area (TPSA) is 23.8 Å². The summed E-state index contributed by atoms with van der Waals surface area (Å²) in [5.74, 6) is -0.277. The maximum Gasteiger partial charge on any atom is 0.123 e. The molecule has 1 aromatic carbocycles. The minimum Gasteiger partial charge on any atom is -0.207 e. The van der Waals surface area contributed by atoms with E-state index in [1.807, 2.05) is 12.2 Å². The summed E-state index contributed by atoms with van der Waals surface area (Å²) in [6, 6.07) is 6.51. The zero-order valence-electron chi connectivity index (χ0n) is 7.50. The predicted octanol–water partition coefficient (Wildman–Crippen LogP) is 3.30. The van der Waals surface area contributed by atoms with Crippen LogP contribution in [0.15, 0.2) is 24.3 Å². The first-order valence-corrected chi connectivity index (χ1v) is 5.28. The van der Waals surface area contributed by atoms with E-state index in [4.69, 9.17) is 5.26 Å². The average Bonchev–Trinajstić information content (AvgIpc) is 2.18. The van der Waals surface area contributed by atoms with Gasteiger partial charge in [0, 0.05) is 5.33 Å². The van der Waals surface area contributed by atoms with Crippen molar-refractivity contribution in [2.45, 2.75) is 6.42 Å². The number of rotatable bonds is 3. The second kappa shape index (κ2) is 5.56. The van der Waals surface area contributed by atoms with E-state index < -0.39 is 0 Å². The molecule has 0 fully saturated rings. The van der Waals surface area contributed by atoms with E-state index in [2.05, 4.69) is 22.0 Å². The van der Waals surface area contributed by atoms with Crippen LogP contribution in [-0.4, -0.2) is 5.33 Å². The fourth-order valence-corrected chi connectivity index (χ4v) is 1.33. The second-order valence-corrected chi connectivity index (χ2v) is 3.38. The van der Waals surface area contributed by atoms with E-state index in [0.717, 1.165) is 16.5 Å². The number of benzene rings is 1. The normalized spacial score (nSPS) is 10.4. The molecular formula is C11H9BrFN. The van der Waals surface area contributed by atoms with Gasteiger partial charge < -0.3 is 0 Å². The van der Waals surface area contributed by atoms with Gasteiger partial charge in [-0.2, -0.15) is 5.26 Å². The van der Waals surface area contributed by atoms with Gasteiger partial charge in [0.05, 0.1) is 12.5 Å². The fraction of sp³-hybridized carbons (Fsp3) is 0.182. The van der Waals surface area contributed by atoms with Gasteiger partial charge >= 0.3 is 0 Å². The number of halogens is 2. The maximum absolute atomic E-state index is 12.9. The summed E-state index contributed by atoms with van der Waals surface area (Å²) in [6.07, 6.45) is 3.99. The number of hydrogen-bond donors (Lipinski definition) is 0. The van der Waals surface area contributed by atoms with Crippen LogP contribution < -0.4 is 0 Å². The van der Waals surface area contributed by atoms with E-state index in [9.17, 15) is 4.39 Å². The standard InChI is InChI=1S/C11H9BrFN/c12-6-1-2-10-8-11(13)4-3-9(10)5-7-14/h1-4,8H,5-6H2. The second-order valence-electron chi connectivity index (χ2n) is 2.73. The van der Waals surface area contributed by atoms with Crippen LogP contribution >= 0.6 is 15.9 Å². The van der Waals surface area contributed by atoms with Crippen LogP contribution in [0.1, 0.15) is 11.1 Å². The molecule has 0 bridgehead atoms. The Bertz CT molecular complexity index is 379. The molecule has 0 aliphatic rings. The molecule has 0 spiro atoms. The lowest BCUT2D eigenvalue weighted by Crippen LogP contribution is -1.88. The highest BCUT2D eigenvalue weighted by Gasteiger charge is 2.00. The molecular weight excluding hydrogens is 245 g/mol. The van der Waals surface area contributed by atoms with Gasteiger partial charge in [0.1, 0.15) is 5.82 Å². The SMILES string of the molecule is N#CCc1ccc(F)cc1C=CCBr. The quantitative estimate of drug-likeness (QED) is 0.759. The summed E-state index contributed by atoms with van der Waals surface area (Å²) in [5, 5.41) is 9.28. The third-order valence-electron chi connectivity index (χ3n) is 1.76. The molecule has 0 aliphatic heterocycles. The third kappa shape index (κ3) is 2.97. The molecule has 1 aromatic rings. The van der Waals surface area contributed by atoms with Crippen LogP contribution in [0.5, 0.6) is 0 Å². The first kappa shape index (κ1) is 10.9. The monoisotopic (exact) mass is 253 g/mol. The van der Waals surface area contributed by atoms with Crippen molar-refractivity contribution in [3.05, 3.63) is 41.2 Å². The highest BCUT2D eigenvalue weighted by molar-refractivity contribution is 9.09. The number of nitriles is 1. The zero-order valence-corrected chi connectivity index (χ0v) is 9.09. The number of alkyl halides is 1.